The number of nitriles is 1. The average Bonchev–Trinajstić information content (AvgIpc) is 2.40. The standard InChI is InChI=1S/C3H7N.2C3H6O.C2H3N.C2H4O2.C2H4O.C2H6.CH4/c1-3-4-2;2*1-3(2)4;1-2-3;1-2(3)4;1-2-3;1-2;/h3H,1-2H3;2*1-2H3;1H3;1H3,(H,3,4);2H,1H3;1-2H3;1H4. The Morgan fingerprint density at radius 2 is 1.00 bits per heavy atom. The molecule has 152 valence electrons. The molecule has 25 heavy (non-hydrogen) atoms. The van der Waals surface area contributed by atoms with Crippen LogP contribution in [0.25, 0.3) is 0 Å². The van der Waals surface area contributed by atoms with E-state index in [4.69, 9.17) is 20.0 Å². The van der Waals surface area contributed by atoms with Crippen molar-refractivity contribution in [2.24, 2.45) is 4.99 Å². The third-order valence-electron chi connectivity index (χ3n) is 0.258. The number of rotatable bonds is 0. The van der Waals surface area contributed by atoms with E-state index in [0.717, 1.165) is 13.2 Å². The number of carbonyl (C=O) groups is 4. The molecule has 0 fully saturated rings. The molecule has 7 heteroatoms. The summed E-state index contributed by atoms with van der Waals surface area (Å²) in [4.78, 5) is 40.3. The fourth-order valence-electron chi connectivity index (χ4n) is 0. The van der Waals surface area contributed by atoms with Crippen molar-refractivity contribution in [1.29, 1.82) is 5.26 Å². The van der Waals surface area contributed by atoms with Gasteiger partial charge in [-0.15, -0.1) is 0 Å². The molecule has 0 bridgehead atoms. The van der Waals surface area contributed by atoms with Gasteiger partial charge in [-0.1, -0.05) is 21.3 Å². The molecule has 1 N–H and O–H groups in total. The van der Waals surface area contributed by atoms with Crippen molar-refractivity contribution >= 4 is 30.0 Å². The lowest BCUT2D eigenvalue weighted by Gasteiger charge is -1.59. The predicted molar refractivity (Wildman–Crippen MR) is 107 cm³/mol. The lowest BCUT2D eigenvalue weighted by atomic mass is 10.6. The highest BCUT2D eigenvalue weighted by atomic mass is 16.4. The molecule has 0 radical (unpaired) electrons. The Balaban J connectivity index is -0.0000000226. The van der Waals surface area contributed by atoms with Gasteiger partial charge < -0.3 is 24.5 Å². The molecule has 0 atom stereocenters. The van der Waals surface area contributed by atoms with E-state index in [1.54, 1.807) is 19.3 Å². The molecule has 0 aromatic heterocycles. The van der Waals surface area contributed by atoms with E-state index in [-0.39, 0.29) is 19.0 Å². The predicted octanol–water partition coefficient (Wildman–Crippen LogP) is 4.39. The summed E-state index contributed by atoms with van der Waals surface area (Å²) in [5.41, 5.74) is 0. The van der Waals surface area contributed by atoms with E-state index < -0.39 is 5.97 Å². The van der Waals surface area contributed by atoms with E-state index >= 15 is 0 Å². The number of carboxylic acids is 1. The summed E-state index contributed by atoms with van der Waals surface area (Å²) in [5.74, 6) is -0.500. The maximum Gasteiger partial charge on any atom is 0.300 e. The van der Waals surface area contributed by atoms with Crippen molar-refractivity contribution < 1.29 is 24.3 Å². The number of aldehydes is 1. The van der Waals surface area contributed by atoms with Crippen LogP contribution in [0.15, 0.2) is 4.99 Å². The smallest absolute Gasteiger partial charge is 0.300 e. The minimum atomic E-state index is -0.833. The van der Waals surface area contributed by atoms with Crippen LogP contribution >= 0.6 is 0 Å². The molecule has 0 saturated carbocycles. The lowest BCUT2D eigenvalue weighted by molar-refractivity contribution is -0.134. The second kappa shape index (κ2) is 81.4. The molecule has 0 amide bonds. The van der Waals surface area contributed by atoms with Gasteiger partial charge in [-0.2, -0.15) is 5.26 Å². The minimum absolute atomic E-state index is 0. The first-order chi connectivity index (χ1) is 10.9. The SMILES string of the molecule is C.CC.CC#N.CC(=O)O.CC(C)=O.CC(C)=O.CC=NC.CC=O. The fraction of sp³-hybridized carbons (Fsp3) is 0.667. The first-order valence-corrected chi connectivity index (χ1v) is 7.16. The highest BCUT2D eigenvalue weighted by Gasteiger charge is 1.65. The van der Waals surface area contributed by atoms with Crippen LogP contribution in [0.1, 0.15) is 76.7 Å². The second-order valence-corrected chi connectivity index (χ2v) is 3.31. The highest BCUT2D eigenvalue weighted by Crippen LogP contribution is 1.51. The molecule has 0 saturated heterocycles. The molecule has 7 nitrogen and oxygen atoms in total. The number of Topliss-reactive ketones (excluding diaryl/α,β-unsaturated/α-hetero) is 2. The fourth-order valence-corrected chi connectivity index (χ4v) is 0. The Bertz CT molecular complexity index is 275. The van der Waals surface area contributed by atoms with Crippen LogP contribution in [-0.2, 0) is 19.2 Å². The molecule has 0 aliphatic rings. The topological polar surface area (TPSA) is 125 Å². The molecule has 0 unspecified atom stereocenters. The first kappa shape index (κ1) is 49.5. The van der Waals surface area contributed by atoms with Gasteiger partial charge in [0.25, 0.3) is 5.97 Å². The van der Waals surface area contributed by atoms with Crippen LogP contribution in [0.4, 0.5) is 0 Å². The molecule has 0 aromatic carbocycles. The zero-order valence-corrected chi connectivity index (χ0v) is 17.1. The first-order valence-electron chi connectivity index (χ1n) is 7.16. The van der Waals surface area contributed by atoms with Crippen LogP contribution in [0.2, 0.25) is 0 Å². The van der Waals surface area contributed by atoms with Crippen LogP contribution in [0.3, 0.4) is 0 Å². The van der Waals surface area contributed by atoms with E-state index in [1.165, 1.54) is 41.5 Å². The number of hydrogen-bond acceptors (Lipinski definition) is 6. The number of carbonyl (C=O) groups excluding carboxylic acids is 3. The molecule has 0 aromatic rings. The summed E-state index contributed by atoms with van der Waals surface area (Å²) in [7, 11) is 1.75. The Morgan fingerprint density at radius 1 is 0.960 bits per heavy atom. The Kier molecular flexibility index (Phi) is 161. The summed E-state index contributed by atoms with van der Waals surface area (Å²) in [6.45, 7) is 16.0. The maximum atomic E-state index is 9.44. The number of aliphatic imine (C=N–C) groups is 1. The van der Waals surface area contributed by atoms with Gasteiger partial charge in [0.15, 0.2) is 0 Å². The van der Waals surface area contributed by atoms with Gasteiger partial charge in [0.2, 0.25) is 0 Å². The number of aliphatic carboxylic acids is 1. The van der Waals surface area contributed by atoms with Gasteiger partial charge in [-0.25, -0.2) is 0 Å². The Hall–Kier alpha value is -2.36. The normalized spacial score (nSPS) is 5.68. The quantitative estimate of drug-likeness (QED) is 0.502. The molecule has 0 spiro atoms. The largest absolute Gasteiger partial charge is 0.481 e. The summed E-state index contributed by atoms with van der Waals surface area (Å²) >= 11 is 0. The van der Waals surface area contributed by atoms with Crippen molar-refractivity contribution in [3.05, 3.63) is 0 Å². The zero-order valence-electron chi connectivity index (χ0n) is 17.1. The molecular weight excluding hydrogens is 324 g/mol. The summed E-state index contributed by atoms with van der Waals surface area (Å²) in [5, 5.41) is 14.7. The number of hydrogen-bond donors (Lipinski definition) is 1. The van der Waals surface area contributed by atoms with Crippen molar-refractivity contribution in [1.82, 2.24) is 0 Å². The van der Waals surface area contributed by atoms with E-state index in [9.17, 15) is 9.59 Å². The van der Waals surface area contributed by atoms with Gasteiger partial charge >= 0.3 is 0 Å². The number of ketones is 2. The number of carboxylic acid groups (broad SMARTS) is 1. The summed E-state index contributed by atoms with van der Waals surface area (Å²) in [6.07, 6.45) is 2.50. The highest BCUT2D eigenvalue weighted by molar-refractivity contribution is 5.72. The van der Waals surface area contributed by atoms with Gasteiger partial charge in [-0.3, -0.25) is 4.79 Å². The zero-order chi connectivity index (χ0) is 21.6. The van der Waals surface area contributed by atoms with E-state index in [2.05, 4.69) is 4.99 Å². The van der Waals surface area contributed by atoms with Crippen LogP contribution in [-0.4, -0.2) is 42.2 Å². The van der Waals surface area contributed by atoms with Crippen LogP contribution in [0, 0.1) is 11.3 Å². The molecule has 0 rings (SSSR count). The van der Waals surface area contributed by atoms with Gasteiger partial charge in [0.1, 0.15) is 17.9 Å². The second-order valence-electron chi connectivity index (χ2n) is 3.31. The van der Waals surface area contributed by atoms with Crippen molar-refractivity contribution in [2.45, 2.75) is 76.7 Å². The van der Waals surface area contributed by atoms with Gasteiger partial charge in [0.05, 0.1) is 6.07 Å². The Labute approximate surface area is 155 Å². The number of nitrogens with zero attached hydrogens (tertiary/aromatic N) is 2. The third-order valence-corrected chi connectivity index (χ3v) is 0.258. The van der Waals surface area contributed by atoms with E-state index in [0.29, 0.717) is 0 Å². The Morgan fingerprint density at radius 3 is 1.00 bits per heavy atom. The lowest BCUT2D eigenvalue weighted by Crippen LogP contribution is -1.78. The van der Waals surface area contributed by atoms with Crippen molar-refractivity contribution in [3.63, 3.8) is 0 Å². The van der Waals surface area contributed by atoms with Crippen LogP contribution in [0.5, 0.6) is 0 Å². The van der Waals surface area contributed by atoms with Crippen molar-refractivity contribution in [2.75, 3.05) is 7.05 Å². The minimum Gasteiger partial charge on any atom is -0.481 e. The van der Waals surface area contributed by atoms with Gasteiger partial charge in [0, 0.05) is 20.9 Å². The molecule has 0 aliphatic heterocycles. The average molecular weight is 365 g/mol. The van der Waals surface area contributed by atoms with Crippen molar-refractivity contribution in [3.8, 4) is 6.07 Å². The molecule has 0 aliphatic carbocycles. The maximum absolute atomic E-state index is 9.44. The van der Waals surface area contributed by atoms with E-state index in [1.807, 2.05) is 20.8 Å². The third kappa shape index (κ3) is 4510. The molecule has 0 heterocycles. The monoisotopic (exact) mass is 364 g/mol. The van der Waals surface area contributed by atoms with Crippen LogP contribution < -0.4 is 0 Å². The summed E-state index contributed by atoms with van der Waals surface area (Å²) < 4.78 is 0. The van der Waals surface area contributed by atoms with Gasteiger partial charge in [-0.05, 0) is 47.8 Å². The molecular formula is C18H40N2O5. The summed E-state index contributed by atoms with van der Waals surface area (Å²) in [6, 6.07) is 1.75.